The van der Waals surface area contributed by atoms with Crippen LogP contribution in [0.25, 0.3) is 0 Å². The zero-order valence-electron chi connectivity index (χ0n) is 13.0. The molecule has 1 saturated heterocycles. The van der Waals surface area contributed by atoms with Crippen molar-refractivity contribution >= 4 is 16.0 Å². The molecule has 0 aliphatic carbocycles. The fraction of sp³-hybridized carbons (Fsp3) is 0.500. The maximum atomic E-state index is 14.1. The van der Waals surface area contributed by atoms with Crippen molar-refractivity contribution in [2.24, 2.45) is 11.8 Å². The van der Waals surface area contributed by atoms with Crippen molar-refractivity contribution in [1.29, 1.82) is 0 Å². The van der Waals surface area contributed by atoms with Crippen molar-refractivity contribution in [3.8, 4) is 5.75 Å². The number of carboxylic acids is 1. The van der Waals surface area contributed by atoms with Gasteiger partial charge in [0, 0.05) is 13.1 Å². The third-order valence-corrected chi connectivity index (χ3v) is 5.62. The molecule has 0 bridgehead atoms. The monoisotopic (exact) mass is 385 g/mol. The number of nitrogens with zero attached hydrogens (tertiary/aromatic N) is 1. The molecule has 0 saturated carbocycles. The van der Waals surface area contributed by atoms with Gasteiger partial charge in [-0.05, 0) is 24.5 Å². The first-order valence-electron chi connectivity index (χ1n) is 7.19. The minimum atomic E-state index is -5.21. The first-order valence-corrected chi connectivity index (χ1v) is 8.63. The van der Waals surface area contributed by atoms with Crippen LogP contribution in [0.15, 0.2) is 23.1 Å². The molecular formula is C14H15F4NO5S. The third kappa shape index (κ3) is 4.40. The van der Waals surface area contributed by atoms with Crippen LogP contribution in [-0.4, -0.2) is 43.3 Å². The summed E-state index contributed by atoms with van der Waals surface area (Å²) >= 11 is 0. The summed E-state index contributed by atoms with van der Waals surface area (Å²) in [5.74, 6) is -5.22. The van der Waals surface area contributed by atoms with Gasteiger partial charge < -0.3 is 9.84 Å². The number of hydrogen-bond donors (Lipinski definition) is 1. The predicted molar refractivity (Wildman–Crippen MR) is 76.7 cm³/mol. The Morgan fingerprint density at radius 2 is 1.96 bits per heavy atom. The van der Waals surface area contributed by atoms with Gasteiger partial charge in [-0.2, -0.15) is 4.31 Å². The molecule has 0 aromatic heterocycles. The summed E-state index contributed by atoms with van der Waals surface area (Å²) in [6.07, 6.45) is -5.00. The fourth-order valence-electron chi connectivity index (χ4n) is 2.75. The van der Waals surface area contributed by atoms with E-state index in [1.54, 1.807) is 6.92 Å². The lowest BCUT2D eigenvalue weighted by atomic mass is 9.92. The van der Waals surface area contributed by atoms with Crippen LogP contribution in [0.2, 0.25) is 0 Å². The number of rotatable bonds is 4. The van der Waals surface area contributed by atoms with Gasteiger partial charge in [0.2, 0.25) is 10.0 Å². The van der Waals surface area contributed by atoms with E-state index in [2.05, 4.69) is 4.74 Å². The van der Waals surface area contributed by atoms with Gasteiger partial charge in [0.1, 0.15) is 5.82 Å². The van der Waals surface area contributed by atoms with Crippen LogP contribution < -0.4 is 4.74 Å². The lowest BCUT2D eigenvalue weighted by Gasteiger charge is -2.34. The van der Waals surface area contributed by atoms with Gasteiger partial charge in [-0.3, -0.25) is 4.79 Å². The van der Waals surface area contributed by atoms with E-state index in [9.17, 15) is 30.8 Å². The standard InChI is InChI=1S/C14H15F4NO5S/c1-8-5-9(13(20)21)7-19(6-8)25(22,23)12-10(15)3-2-4-11(12)24-14(16,17)18/h2-4,8-9H,5-7H2,1H3,(H,20,21). The Bertz CT molecular complexity index is 765. The molecule has 1 heterocycles. The summed E-state index contributed by atoms with van der Waals surface area (Å²) in [4.78, 5) is 9.90. The lowest BCUT2D eigenvalue weighted by molar-refractivity contribution is -0.275. The maximum Gasteiger partial charge on any atom is 0.573 e. The fourth-order valence-corrected chi connectivity index (χ4v) is 4.51. The molecule has 6 nitrogen and oxygen atoms in total. The number of hydrogen-bond acceptors (Lipinski definition) is 4. The Morgan fingerprint density at radius 1 is 1.32 bits per heavy atom. The molecular weight excluding hydrogens is 370 g/mol. The SMILES string of the molecule is CC1CC(C(=O)O)CN(S(=O)(=O)c2c(F)cccc2OC(F)(F)F)C1. The van der Waals surface area contributed by atoms with Crippen LogP contribution in [0.1, 0.15) is 13.3 Å². The molecule has 140 valence electrons. The Hall–Kier alpha value is -1.88. The summed E-state index contributed by atoms with van der Waals surface area (Å²) in [7, 11) is -4.73. The van der Waals surface area contributed by atoms with Crippen LogP contribution in [0.4, 0.5) is 17.6 Å². The van der Waals surface area contributed by atoms with E-state index in [1.165, 1.54) is 0 Å². The Morgan fingerprint density at radius 3 is 2.52 bits per heavy atom. The topological polar surface area (TPSA) is 83.9 Å². The van der Waals surface area contributed by atoms with Gasteiger partial charge in [0.15, 0.2) is 10.6 Å². The Balaban J connectivity index is 2.47. The highest BCUT2D eigenvalue weighted by atomic mass is 32.2. The van der Waals surface area contributed by atoms with E-state index in [1.807, 2.05) is 0 Å². The van der Waals surface area contributed by atoms with Crippen molar-refractivity contribution < 1.29 is 40.6 Å². The molecule has 2 unspecified atom stereocenters. The lowest BCUT2D eigenvalue weighted by Crippen LogP contribution is -2.45. The smallest absolute Gasteiger partial charge is 0.481 e. The third-order valence-electron chi connectivity index (χ3n) is 3.73. The van der Waals surface area contributed by atoms with Crippen LogP contribution in [0.5, 0.6) is 5.75 Å². The van der Waals surface area contributed by atoms with E-state index in [4.69, 9.17) is 5.11 Å². The van der Waals surface area contributed by atoms with E-state index in [-0.39, 0.29) is 18.9 Å². The Kier molecular flexibility index (Phi) is 5.28. The number of alkyl halides is 3. The number of halogens is 4. The summed E-state index contributed by atoms with van der Waals surface area (Å²) in [5.41, 5.74) is 0. The molecule has 25 heavy (non-hydrogen) atoms. The van der Waals surface area contributed by atoms with E-state index in [0.717, 1.165) is 6.07 Å². The number of carbonyl (C=O) groups is 1. The van der Waals surface area contributed by atoms with Crippen molar-refractivity contribution in [1.82, 2.24) is 4.31 Å². The van der Waals surface area contributed by atoms with Crippen molar-refractivity contribution in [2.45, 2.75) is 24.6 Å². The van der Waals surface area contributed by atoms with E-state index in [0.29, 0.717) is 16.4 Å². The van der Waals surface area contributed by atoms with Gasteiger partial charge in [-0.15, -0.1) is 13.2 Å². The summed E-state index contributed by atoms with van der Waals surface area (Å²) in [6, 6.07) is 2.26. The maximum absolute atomic E-state index is 14.1. The van der Waals surface area contributed by atoms with Crippen LogP contribution in [0, 0.1) is 17.7 Å². The molecule has 1 aliphatic heterocycles. The van der Waals surface area contributed by atoms with Crippen LogP contribution >= 0.6 is 0 Å². The minimum Gasteiger partial charge on any atom is -0.481 e. The number of carboxylic acid groups (broad SMARTS) is 1. The Labute approximate surface area is 141 Å². The molecule has 0 radical (unpaired) electrons. The number of aliphatic carboxylic acids is 1. The van der Waals surface area contributed by atoms with Crippen molar-refractivity contribution in [3.05, 3.63) is 24.0 Å². The predicted octanol–water partition coefficient (Wildman–Crippen LogP) is 2.46. The molecule has 1 aliphatic rings. The molecule has 1 aromatic rings. The number of ether oxygens (including phenoxy) is 1. The number of piperidine rings is 1. The average Bonchev–Trinajstić information content (AvgIpc) is 2.44. The zero-order chi connectivity index (χ0) is 19.0. The number of benzene rings is 1. The quantitative estimate of drug-likeness (QED) is 0.805. The van der Waals surface area contributed by atoms with Crippen molar-refractivity contribution in [2.75, 3.05) is 13.1 Å². The van der Waals surface area contributed by atoms with Gasteiger partial charge in [-0.1, -0.05) is 13.0 Å². The highest BCUT2D eigenvalue weighted by Gasteiger charge is 2.41. The highest BCUT2D eigenvalue weighted by molar-refractivity contribution is 7.89. The van der Waals surface area contributed by atoms with E-state index >= 15 is 0 Å². The molecule has 1 N–H and O–H groups in total. The molecule has 11 heteroatoms. The first-order chi connectivity index (χ1) is 11.4. The summed E-state index contributed by atoms with van der Waals surface area (Å²) in [6.45, 7) is 1.01. The summed E-state index contributed by atoms with van der Waals surface area (Å²) < 4.78 is 81.2. The largest absolute Gasteiger partial charge is 0.573 e. The highest BCUT2D eigenvalue weighted by Crippen LogP contribution is 2.35. The second kappa shape index (κ2) is 6.79. The summed E-state index contributed by atoms with van der Waals surface area (Å²) in [5, 5.41) is 9.10. The van der Waals surface area contributed by atoms with Crippen LogP contribution in [-0.2, 0) is 14.8 Å². The van der Waals surface area contributed by atoms with Crippen LogP contribution in [0.3, 0.4) is 0 Å². The zero-order valence-corrected chi connectivity index (χ0v) is 13.8. The normalized spacial score (nSPS) is 22.6. The molecule has 1 aromatic carbocycles. The van der Waals surface area contributed by atoms with Gasteiger partial charge in [-0.25, -0.2) is 12.8 Å². The second-order valence-electron chi connectivity index (χ2n) is 5.81. The van der Waals surface area contributed by atoms with Gasteiger partial charge in [0.05, 0.1) is 5.92 Å². The van der Waals surface area contributed by atoms with Gasteiger partial charge >= 0.3 is 12.3 Å². The molecule has 1 fully saturated rings. The van der Waals surface area contributed by atoms with Crippen molar-refractivity contribution in [3.63, 3.8) is 0 Å². The molecule has 2 atom stereocenters. The van der Waals surface area contributed by atoms with Gasteiger partial charge in [0.25, 0.3) is 0 Å². The first kappa shape index (κ1) is 19.4. The molecule has 0 spiro atoms. The second-order valence-corrected chi connectivity index (χ2v) is 7.69. The number of sulfonamides is 1. The molecule has 2 rings (SSSR count). The van der Waals surface area contributed by atoms with E-state index < -0.39 is 51.3 Å². The minimum absolute atomic E-state index is 0.133. The molecule has 0 amide bonds. The average molecular weight is 385 g/mol.